The van der Waals surface area contributed by atoms with Crippen molar-refractivity contribution in [3.63, 3.8) is 0 Å². The number of nitrogens with zero attached hydrogens (tertiary/aromatic N) is 4. The minimum atomic E-state index is -0.435. The molecule has 0 aliphatic carbocycles. The van der Waals surface area contributed by atoms with Crippen molar-refractivity contribution in [2.75, 3.05) is 7.11 Å². The second-order valence-electron chi connectivity index (χ2n) is 4.13. The van der Waals surface area contributed by atoms with Gasteiger partial charge in [0.1, 0.15) is 0 Å². The molecule has 0 saturated heterocycles. The topological polar surface area (TPSA) is 69.9 Å². The normalized spacial score (nSPS) is 10.7. The van der Waals surface area contributed by atoms with Crippen LogP contribution >= 0.6 is 11.3 Å². The van der Waals surface area contributed by atoms with Gasteiger partial charge in [-0.05, 0) is 13.3 Å². The Bertz CT molecular complexity index is 576. The zero-order valence-corrected chi connectivity index (χ0v) is 12.0. The van der Waals surface area contributed by atoms with Gasteiger partial charge in [-0.25, -0.2) is 14.5 Å². The van der Waals surface area contributed by atoms with E-state index >= 15 is 0 Å². The smallest absolute Gasteiger partial charge is 0.360 e. The molecular formula is C12H16N4O2S. The van der Waals surface area contributed by atoms with Gasteiger partial charge in [-0.15, -0.1) is 16.4 Å². The number of rotatable bonds is 5. The summed E-state index contributed by atoms with van der Waals surface area (Å²) < 4.78 is 6.48. The second kappa shape index (κ2) is 5.92. The Morgan fingerprint density at radius 1 is 1.53 bits per heavy atom. The van der Waals surface area contributed by atoms with Gasteiger partial charge in [0.25, 0.3) is 0 Å². The fourth-order valence-electron chi connectivity index (χ4n) is 1.83. The summed E-state index contributed by atoms with van der Waals surface area (Å²) in [6.45, 7) is 4.60. The van der Waals surface area contributed by atoms with Crippen molar-refractivity contribution in [1.29, 1.82) is 0 Å². The van der Waals surface area contributed by atoms with E-state index in [0.29, 0.717) is 12.2 Å². The fourth-order valence-corrected chi connectivity index (χ4v) is 2.60. The standard InChI is InChI=1S/C12H16N4O2S/c1-4-5-10-11(12(17)18-3)14-15-16(10)7-9-6-13-8(2)19-9/h6H,4-5,7H2,1-3H3. The molecule has 2 aromatic heterocycles. The summed E-state index contributed by atoms with van der Waals surface area (Å²) >= 11 is 1.62. The van der Waals surface area contributed by atoms with E-state index < -0.39 is 5.97 Å². The molecule has 0 aliphatic rings. The number of esters is 1. The van der Waals surface area contributed by atoms with E-state index in [2.05, 4.69) is 22.2 Å². The van der Waals surface area contributed by atoms with Crippen LogP contribution in [0.1, 0.15) is 39.4 Å². The van der Waals surface area contributed by atoms with Gasteiger partial charge < -0.3 is 4.74 Å². The van der Waals surface area contributed by atoms with Gasteiger partial charge >= 0.3 is 5.97 Å². The van der Waals surface area contributed by atoms with Gasteiger partial charge in [0.15, 0.2) is 5.69 Å². The number of hydrogen-bond donors (Lipinski definition) is 0. The Morgan fingerprint density at radius 2 is 2.32 bits per heavy atom. The average Bonchev–Trinajstić information content (AvgIpc) is 2.97. The summed E-state index contributed by atoms with van der Waals surface area (Å²) in [6, 6.07) is 0. The molecule has 0 radical (unpaired) electrons. The molecule has 0 saturated carbocycles. The van der Waals surface area contributed by atoms with Gasteiger partial charge in [0, 0.05) is 11.1 Å². The lowest BCUT2D eigenvalue weighted by molar-refractivity contribution is 0.0592. The van der Waals surface area contributed by atoms with Gasteiger partial charge in [-0.3, -0.25) is 0 Å². The number of hydrogen-bond acceptors (Lipinski definition) is 6. The molecule has 0 spiro atoms. The van der Waals surface area contributed by atoms with E-state index in [0.717, 1.165) is 28.4 Å². The fraction of sp³-hybridized carbons (Fsp3) is 0.500. The summed E-state index contributed by atoms with van der Waals surface area (Å²) in [5.74, 6) is -0.435. The molecule has 6 nitrogen and oxygen atoms in total. The first-order valence-corrected chi connectivity index (χ1v) is 6.89. The van der Waals surface area contributed by atoms with Crippen LogP contribution in [-0.4, -0.2) is 33.1 Å². The molecule has 2 rings (SSSR count). The zero-order valence-electron chi connectivity index (χ0n) is 11.2. The molecule has 2 aromatic rings. The number of aryl methyl sites for hydroxylation is 1. The van der Waals surface area contributed by atoms with Crippen LogP contribution < -0.4 is 0 Å². The SMILES string of the molecule is CCCc1c(C(=O)OC)nnn1Cc1cnc(C)s1. The van der Waals surface area contributed by atoms with Crippen LogP contribution in [0.2, 0.25) is 0 Å². The summed E-state index contributed by atoms with van der Waals surface area (Å²) in [5, 5.41) is 9.00. The zero-order chi connectivity index (χ0) is 13.8. The number of carbonyl (C=O) groups is 1. The van der Waals surface area contributed by atoms with E-state index in [1.165, 1.54) is 7.11 Å². The maximum absolute atomic E-state index is 11.6. The van der Waals surface area contributed by atoms with Crippen molar-refractivity contribution >= 4 is 17.3 Å². The minimum absolute atomic E-state index is 0.311. The van der Waals surface area contributed by atoms with Crippen LogP contribution in [0.25, 0.3) is 0 Å². The molecule has 0 N–H and O–H groups in total. The highest BCUT2D eigenvalue weighted by Crippen LogP contribution is 2.16. The third-order valence-electron chi connectivity index (χ3n) is 2.68. The highest BCUT2D eigenvalue weighted by atomic mass is 32.1. The lowest BCUT2D eigenvalue weighted by Gasteiger charge is -2.04. The molecule has 0 atom stereocenters. The summed E-state index contributed by atoms with van der Waals surface area (Å²) in [4.78, 5) is 16.9. The third-order valence-corrected chi connectivity index (χ3v) is 3.58. The Hall–Kier alpha value is -1.76. The number of aromatic nitrogens is 4. The molecule has 7 heteroatoms. The van der Waals surface area contributed by atoms with E-state index in [1.807, 2.05) is 13.1 Å². The monoisotopic (exact) mass is 280 g/mol. The molecule has 0 bridgehead atoms. The van der Waals surface area contributed by atoms with Crippen LogP contribution in [0.15, 0.2) is 6.20 Å². The van der Waals surface area contributed by atoms with Gasteiger partial charge in [0.05, 0.1) is 24.4 Å². The van der Waals surface area contributed by atoms with Crippen molar-refractivity contribution in [2.45, 2.75) is 33.2 Å². The molecule has 102 valence electrons. The second-order valence-corrected chi connectivity index (χ2v) is 5.45. The predicted molar refractivity (Wildman–Crippen MR) is 71.3 cm³/mol. The first kappa shape index (κ1) is 13.7. The molecule has 19 heavy (non-hydrogen) atoms. The average molecular weight is 280 g/mol. The maximum atomic E-state index is 11.6. The summed E-state index contributed by atoms with van der Waals surface area (Å²) in [7, 11) is 1.35. The van der Waals surface area contributed by atoms with E-state index in [4.69, 9.17) is 4.74 Å². The Morgan fingerprint density at radius 3 is 2.89 bits per heavy atom. The molecule has 0 aromatic carbocycles. The minimum Gasteiger partial charge on any atom is -0.464 e. The predicted octanol–water partition coefficient (Wildman–Crippen LogP) is 1.83. The molecule has 2 heterocycles. The van der Waals surface area contributed by atoms with E-state index in [9.17, 15) is 4.79 Å². The van der Waals surface area contributed by atoms with Crippen molar-refractivity contribution in [3.05, 3.63) is 27.5 Å². The number of carbonyl (C=O) groups excluding carboxylic acids is 1. The Labute approximate surface area is 115 Å². The van der Waals surface area contributed by atoms with Crippen LogP contribution in [0.5, 0.6) is 0 Å². The number of thiazole rings is 1. The molecule has 0 unspecified atom stereocenters. The van der Waals surface area contributed by atoms with Gasteiger partial charge in [0.2, 0.25) is 0 Å². The van der Waals surface area contributed by atoms with Crippen molar-refractivity contribution in [1.82, 2.24) is 20.0 Å². The maximum Gasteiger partial charge on any atom is 0.360 e. The largest absolute Gasteiger partial charge is 0.464 e. The molecule has 0 aliphatic heterocycles. The number of ether oxygens (including phenoxy) is 1. The highest BCUT2D eigenvalue weighted by Gasteiger charge is 2.19. The third kappa shape index (κ3) is 2.98. The first-order valence-electron chi connectivity index (χ1n) is 6.07. The van der Waals surface area contributed by atoms with Crippen molar-refractivity contribution < 1.29 is 9.53 Å². The lowest BCUT2D eigenvalue weighted by Crippen LogP contribution is -2.10. The first-order chi connectivity index (χ1) is 9.15. The summed E-state index contributed by atoms with van der Waals surface area (Å²) in [6.07, 6.45) is 3.49. The van der Waals surface area contributed by atoms with Crippen LogP contribution in [0.4, 0.5) is 0 Å². The van der Waals surface area contributed by atoms with E-state index in [-0.39, 0.29) is 0 Å². The van der Waals surface area contributed by atoms with E-state index in [1.54, 1.807) is 16.0 Å². The van der Waals surface area contributed by atoms with Crippen LogP contribution in [0.3, 0.4) is 0 Å². The highest BCUT2D eigenvalue weighted by molar-refractivity contribution is 7.11. The molecule has 0 fully saturated rings. The number of methoxy groups -OCH3 is 1. The van der Waals surface area contributed by atoms with Crippen LogP contribution in [-0.2, 0) is 17.7 Å². The van der Waals surface area contributed by atoms with Crippen molar-refractivity contribution in [3.8, 4) is 0 Å². The van der Waals surface area contributed by atoms with Crippen molar-refractivity contribution in [2.24, 2.45) is 0 Å². The molecule has 0 amide bonds. The summed E-state index contributed by atoms with van der Waals surface area (Å²) in [5.41, 5.74) is 1.13. The lowest BCUT2D eigenvalue weighted by atomic mass is 10.2. The van der Waals surface area contributed by atoms with Gasteiger partial charge in [-0.2, -0.15) is 0 Å². The Balaban J connectivity index is 2.29. The Kier molecular flexibility index (Phi) is 4.26. The quantitative estimate of drug-likeness (QED) is 0.781. The van der Waals surface area contributed by atoms with Crippen LogP contribution in [0, 0.1) is 6.92 Å². The molecular weight excluding hydrogens is 264 g/mol. The van der Waals surface area contributed by atoms with Gasteiger partial charge in [-0.1, -0.05) is 18.6 Å².